The highest BCUT2D eigenvalue weighted by molar-refractivity contribution is 6.31. The lowest BCUT2D eigenvalue weighted by Crippen LogP contribution is -2.34. The number of aromatic nitrogens is 2. The number of likely N-dealkylation sites (N-methyl/N-ethyl adjacent to an activating group) is 2. The molecule has 46 heavy (non-hydrogen) atoms. The van der Waals surface area contributed by atoms with E-state index in [-0.39, 0.29) is 23.3 Å². The van der Waals surface area contributed by atoms with Crippen LogP contribution in [-0.4, -0.2) is 85.6 Å². The molecule has 2 aliphatic heterocycles. The fourth-order valence-corrected chi connectivity index (χ4v) is 4.89. The Hall–Kier alpha value is -3.60. The first kappa shape index (κ1) is 40.4. The van der Waals surface area contributed by atoms with Crippen LogP contribution in [0.4, 0.5) is 24.7 Å². The number of nitrogens with two attached hydrogens (primary N) is 2. The Balaban J connectivity index is 0.000000552. The van der Waals surface area contributed by atoms with Gasteiger partial charge in [-0.15, -0.1) is 0 Å². The van der Waals surface area contributed by atoms with Crippen molar-refractivity contribution in [3.8, 4) is 6.01 Å². The van der Waals surface area contributed by atoms with Gasteiger partial charge in [-0.25, -0.2) is 6.57 Å². The van der Waals surface area contributed by atoms with Crippen LogP contribution < -0.4 is 21.1 Å². The number of likely N-dealkylation sites (tertiary alicyclic amines) is 1. The minimum Gasteiger partial charge on any atom is -0.462 e. The summed E-state index contributed by atoms with van der Waals surface area (Å²) < 4.78 is 46.5. The van der Waals surface area contributed by atoms with E-state index >= 15 is 0 Å². The predicted octanol–water partition coefficient (Wildman–Crippen LogP) is 5.70. The van der Waals surface area contributed by atoms with Crippen LogP contribution in [0.25, 0.3) is 4.85 Å². The number of nitrogen functional groups attached to an aromatic ring is 1. The molecule has 1 aromatic carbocycles. The molecule has 1 fully saturated rings. The van der Waals surface area contributed by atoms with Gasteiger partial charge < -0.3 is 35.7 Å². The molecule has 0 saturated carbocycles. The third-order valence-corrected chi connectivity index (χ3v) is 7.17. The van der Waals surface area contributed by atoms with Gasteiger partial charge in [0.25, 0.3) is 0 Å². The van der Waals surface area contributed by atoms with Crippen molar-refractivity contribution in [3.05, 3.63) is 63.6 Å². The maximum absolute atomic E-state index is 13.6. The molecule has 256 valence electrons. The zero-order chi connectivity index (χ0) is 34.9. The Bertz CT molecular complexity index is 1300. The second kappa shape index (κ2) is 20.5. The molecule has 1 amide bonds. The number of alkyl halides is 3. The number of carbonyl (C=O) groups excluding carboxylic acids is 1. The lowest BCUT2D eigenvalue weighted by Gasteiger charge is -2.32. The number of ether oxygens (including phenoxy) is 1. The number of carbonyl (C=O) groups is 1. The summed E-state index contributed by atoms with van der Waals surface area (Å²) in [6.45, 7) is 15.7. The van der Waals surface area contributed by atoms with E-state index in [4.69, 9.17) is 34.4 Å². The van der Waals surface area contributed by atoms with Crippen molar-refractivity contribution in [2.45, 2.75) is 65.2 Å². The van der Waals surface area contributed by atoms with Crippen molar-refractivity contribution in [2.75, 3.05) is 64.6 Å². The van der Waals surface area contributed by atoms with E-state index in [2.05, 4.69) is 19.7 Å². The number of anilines is 2. The molecule has 2 aromatic rings. The van der Waals surface area contributed by atoms with Crippen molar-refractivity contribution >= 4 is 29.0 Å². The number of benzene rings is 1. The maximum atomic E-state index is 13.6. The molecule has 3 heterocycles. The summed E-state index contributed by atoms with van der Waals surface area (Å²) in [6, 6.07) is 4.65. The highest BCUT2D eigenvalue weighted by Crippen LogP contribution is 2.42. The SMILES string of the molecule is CC.CN(C)C/C=C/C(N)=O.CN1CCC[C@H]1COc1nc(N)c2c(n1)CN(c1cccc(Cl)c1C(F)(F)F)CC2.[C-]#[N+]CCC. The number of amides is 1. The van der Waals surface area contributed by atoms with Crippen LogP contribution in [0.5, 0.6) is 6.01 Å². The molecule has 1 saturated heterocycles. The number of halogens is 4. The number of nitrogens with zero attached hydrogens (tertiary/aromatic N) is 6. The smallest absolute Gasteiger partial charge is 0.419 e. The maximum Gasteiger partial charge on any atom is 0.419 e. The summed E-state index contributed by atoms with van der Waals surface area (Å²) >= 11 is 5.88. The number of rotatable bonds is 8. The summed E-state index contributed by atoms with van der Waals surface area (Å²) in [6.07, 6.45) is 2.12. The van der Waals surface area contributed by atoms with Gasteiger partial charge in [-0.3, -0.25) is 4.79 Å². The largest absolute Gasteiger partial charge is 0.462 e. The second-order valence-corrected chi connectivity index (χ2v) is 11.1. The molecule has 14 heteroatoms. The Morgan fingerprint density at radius 2 is 1.96 bits per heavy atom. The normalized spacial score (nSPS) is 15.9. The Morgan fingerprint density at radius 1 is 1.26 bits per heavy atom. The van der Waals surface area contributed by atoms with Gasteiger partial charge in [-0.05, 0) is 65.2 Å². The molecule has 0 radical (unpaired) electrons. The molecule has 0 bridgehead atoms. The van der Waals surface area contributed by atoms with Gasteiger partial charge in [0.15, 0.2) is 0 Å². The quantitative estimate of drug-likeness (QED) is 0.272. The first-order valence-electron chi connectivity index (χ1n) is 15.3. The van der Waals surface area contributed by atoms with Gasteiger partial charge in [0, 0.05) is 31.1 Å². The average Bonchev–Trinajstić information content (AvgIpc) is 3.41. The molecule has 4 N–H and O–H groups in total. The molecule has 4 rings (SSSR count). The van der Waals surface area contributed by atoms with Crippen LogP contribution in [0.2, 0.25) is 5.02 Å². The molecule has 1 aromatic heterocycles. The van der Waals surface area contributed by atoms with E-state index < -0.39 is 17.6 Å². The summed E-state index contributed by atoms with van der Waals surface area (Å²) in [5.41, 5.74) is 11.5. The van der Waals surface area contributed by atoms with Crippen molar-refractivity contribution in [3.63, 3.8) is 0 Å². The van der Waals surface area contributed by atoms with Gasteiger partial charge >= 0.3 is 12.2 Å². The fraction of sp³-hybridized carbons (Fsp3) is 0.562. The fourth-order valence-electron chi connectivity index (χ4n) is 4.62. The Kier molecular flexibility index (Phi) is 18.0. The summed E-state index contributed by atoms with van der Waals surface area (Å²) in [4.78, 5) is 27.7. The minimum atomic E-state index is -4.56. The molecule has 2 aliphatic rings. The van der Waals surface area contributed by atoms with Gasteiger partial charge in [-0.1, -0.05) is 44.5 Å². The van der Waals surface area contributed by atoms with Gasteiger partial charge in [-0.2, -0.15) is 23.1 Å². The second-order valence-electron chi connectivity index (χ2n) is 10.7. The lowest BCUT2D eigenvalue weighted by atomic mass is 10.0. The first-order valence-corrected chi connectivity index (χ1v) is 15.7. The van der Waals surface area contributed by atoms with Crippen molar-refractivity contribution < 1.29 is 22.7 Å². The summed E-state index contributed by atoms with van der Waals surface area (Å²) in [5.74, 6) is -0.0755. The zero-order valence-corrected chi connectivity index (χ0v) is 28.5. The molecule has 0 aliphatic carbocycles. The van der Waals surface area contributed by atoms with Crippen LogP contribution in [0.3, 0.4) is 0 Å². The number of hydrogen-bond donors (Lipinski definition) is 2. The van der Waals surface area contributed by atoms with Crippen molar-refractivity contribution in [1.29, 1.82) is 0 Å². The van der Waals surface area contributed by atoms with E-state index in [9.17, 15) is 18.0 Å². The molecule has 0 spiro atoms. The summed E-state index contributed by atoms with van der Waals surface area (Å²) in [7, 11) is 5.89. The molecule has 0 unspecified atom stereocenters. The molecular weight excluding hydrogens is 621 g/mol. The van der Waals surface area contributed by atoms with Crippen LogP contribution in [0.1, 0.15) is 56.9 Å². The monoisotopic (exact) mass is 668 g/mol. The average molecular weight is 669 g/mol. The first-order chi connectivity index (χ1) is 21.8. The van der Waals surface area contributed by atoms with E-state index in [1.54, 1.807) is 11.0 Å². The minimum absolute atomic E-state index is 0.0351. The van der Waals surface area contributed by atoms with Gasteiger partial charge in [0.1, 0.15) is 12.4 Å². The molecule has 10 nitrogen and oxygen atoms in total. The van der Waals surface area contributed by atoms with Gasteiger partial charge in [0.2, 0.25) is 12.5 Å². The van der Waals surface area contributed by atoms with E-state index in [1.807, 2.05) is 46.8 Å². The van der Waals surface area contributed by atoms with E-state index in [0.717, 1.165) is 37.9 Å². The molecule has 1 atom stereocenters. The Morgan fingerprint density at radius 3 is 2.48 bits per heavy atom. The van der Waals surface area contributed by atoms with Crippen LogP contribution >= 0.6 is 11.6 Å². The van der Waals surface area contributed by atoms with Crippen LogP contribution in [-0.2, 0) is 23.9 Å². The highest BCUT2D eigenvalue weighted by Gasteiger charge is 2.38. The number of fused-ring (bicyclic) bond motifs is 1. The number of hydrogen-bond acceptors (Lipinski definition) is 8. The standard InChI is InChI=1S/C20H23ClF3N5O.C6H12N2O.C4H7N.C2H6/c1-28-8-3-4-12(28)11-30-19-26-15-10-29(9-7-13(15)18(25)27-19)16-6-2-5-14(21)17(16)20(22,23)24;1-8(2)5-3-4-6(7)9;1-3-4-5-2;1-2/h2,5-6,12H,3-4,7-11H2,1H3,(H2,25,26,27);3-4H,5H2,1-2H3,(H2,7,9);3-4H2,1H3;1-2H3/b;4-3+;;/t12-;;;/m0.../s1. The lowest BCUT2D eigenvalue weighted by molar-refractivity contribution is -0.137. The third kappa shape index (κ3) is 13.4. The topological polar surface area (TPSA) is 118 Å². The van der Waals surface area contributed by atoms with Crippen molar-refractivity contribution in [2.24, 2.45) is 5.73 Å². The van der Waals surface area contributed by atoms with Crippen LogP contribution in [0.15, 0.2) is 30.4 Å². The third-order valence-electron chi connectivity index (χ3n) is 6.86. The van der Waals surface area contributed by atoms with Gasteiger partial charge in [0.05, 0.1) is 28.5 Å². The zero-order valence-electron chi connectivity index (χ0n) is 27.7. The van der Waals surface area contributed by atoms with Crippen LogP contribution in [0, 0.1) is 6.57 Å². The summed E-state index contributed by atoms with van der Waals surface area (Å²) in [5, 5.41) is -0.322. The highest BCUT2D eigenvalue weighted by atomic mass is 35.5. The predicted molar refractivity (Wildman–Crippen MR) is 179 cm³/mol. The Labute approximate surface area is 276 Å². The molecular formula is C32H48ClF3N8O2. The van der Waals surface area contributed by atoms with E-state index in [0.29, 0.717) is 43.7 Å². The van der Waals surface area contributed by atoms with E-state index in [1.165, 1.54) is 24.3 Å². The van der Waals surface area contributed by atoms with Crippen molar-refractivity contribution in [1.82, 2.24) is 19.8 Å². The number of primary amides is 1.